The standard InChI is InChI=1S/C12H13F3N2O2/c13-12(14,15)9-3-1-2-7(4-9)8(5-10(16)18)6-11(17)19/h1-4,8H,5-6H2,(H2,16,18)(H2,17,19). The van der Waals surface area contributed by atoms with E-state index < -0.39 is 29.5 Å². The van der Waals surface area contributed by atoms with Crippen LogP contribution < -0.4 is 11.5 Å². The molecule has 0 atom stereocenters. The summed E-state index contributed by atoms with van der Waals surface area (Å²) in [6.07, 6.45) is -4.95. The molecule has 104 valence electrons. The van der Waals surface area contributed by atoms with Crippen LogP contribution in [0, 0.1) is 0 Å². The molecule has 0 bridgehead atoms. The molecule has 4 N–H and O–H groups in total. The Morgan fingerprint density at radius 2 is 1.63 bits per heavy atom. The van der Waals surface area contributed by atoms with Crippen LogP contribution in [-0.4, -0.2) is 11.8 Å². The number of alkyl halides is 3. The maximum atomic E-state index is 12.6. The summed E-state index contributed by atoms with van der Waals surface area (Å²) < 4.78 is 37.7. The van der Waals surface area contributed by atoms with Gasteiger partial charge in [-0.25, -0.2) is 0 Å². The Bertz CT molecular complexity index is 470. The van der Waals surface area contributed by atoms with Gasteiger partial charge in [-0.15, -0.1) is 0 Å². The van der Waals surface area contributed by atoms with E-state index in [1.807, 2.05) is 0 Å². The van der Waals surface area contributed by atoms with Crippen LogP contribution in [0.25, 0.3) is 0 Å². The normalized spacial score (nSPS) is 11.6. The molecule has 0 aliphatic heterocycles. The van der Waals surface area contributed by atoms with Gasteiger partial charge in [-0.05, 0) is 11.6 Å². The Balaban J connectivity index is 3.08. The van der Waals surface area contributed by atoms with Crippen molar-refractivity contribution in [3.63, 3.8) is 0 Å². The lowest BCUT2D eigenvalue weighted by Gasteiger charge is -2.16. The topological polar surface area (TPSA) is 86.2 Å². The molecule has 19 heavy (non-hydrogen) atoms. The second-order valence-electron chi connectivity index (χ2n) is 4.16. The van der Waals surface area contributed by atoms with E-state index in [0.717, 1.165) is 12.1 Å². The molecule has 0 saturated heterocycles. The molecule has 0 aliphatic carbocycles. The average Bonchev–Trinajstić information content (AvgIpc) is 2.26. The van der Waals surface area contributed by atoms with Crippen LogP contribution in [-0.2, 0) is 15.8 Å². The monoisotopic (exact) mass is 274 g/mol. The molecule has 2 amide bonds. The first kappa shape index (κ1) is 15.0. The zero-order chi connectivity index (χ0) is 14.6. The summed E-state index contributed by atoms with van der Waals surface area (Å²) in [5.41, 5.74) is 9.41. The van der Waals surface area contributed by atoms with Crippen LogP contribution in [0.3, 0.4) is 0 Å². The third-order valence-corrected chi connectivity index (χ3v) is 2.58. The fourth-order valence-electron chi connectivity index (χ4n) is 1.76. The van der Waals surface area contributed by atoms with Crippen molar-refractivity contribution in [3.8, 4) is 0 Å². The Morgan fingerprint density at radius 1 is 1.11 bits per heavy atom. The fourth-order valence-corrected chi connectivity index (χ4v) is 1.76. The number of benzene rings is 1. The van der Waals surface area contributed by atoms with Gasteiger partial charge < -0.3 is 11.5 Å². The minimum absolute atomic E-state index is 0.215. The van der Waals surface area contributed by atoms with Crippen LogP contribution in [0.2, 0.25) is 0 Å². The van der Waals surface area contributed by atoms with Crippen LogP contribution in [0.4, 0.5) is 13.2 Å². The number of halogens is 3. The largest absolute Gasteiger partial charge is 0.416 e. The van der Waals surface area contributed by atoms with Gasteiger partial charge in [0.15, 0.2) is 0 Å². The van der Waals surface area contributed by atoms with E-state index in [2.05, 4.69) is 0 Å². The van der Waals surface area contributed by atoms with Gasteiger partial charge in [0.05, 0.1) is 5.56 Å². The van der Waals surface area contributed by atoms with Crippen molar-refractivity contribution in [2.45, 2.75) is 24.9 Å². The number of carbonyl (C=O) groups excluding carboxylic acids is 2. The summed E-state index contributed by atoms with van der Waals surface area (Å²) in [4.78, 5) is 21.8. The van der Waals surface area contributed by atoms with Crippen molar-refractivity contribution in [1.82, 2.24) is 0 Å². The average molecular weight is 274 g/mol. The van der Waals surface area contributed by atoms with E-state index in [1.165, 1.54) is 12.1 Å². The molecule has 1 aromatic carbocycles. The van der Waals surface area contributed by atoms with Crippen molar-refractivity contribution in [3.05, 3.63) is 35.4 Å². The maximum absolute atomic E-state index is 12.6. The maximum Gasteiger partial charge on any atom is 0.416 e. The Hall–Kier alpha value is -2.05. The van der Waals surface area contributed by atoms with Gasteiger partial charge in [0.2, 0.25) is 11.8 Å². The first-order chi connectivity index (χ1) is 8.70. The lowest BCUT2D eigenvalue weighted by molar-refractivity contribution is -0.137. The molecule has 1 rings (SSSR count). The second kappa shape index (κ2) is 5.73. The Kier molecular flexibility index (Phi) is 4.52. The minimum Gasteiger partial charge on any atom is -0.370 e. The molecule has 7 heteroatoms. The van der Waals surface area contributed by atoms with Gasteiger partial charge in [-0.2, -0.15) is 13.2 Å². The zero-order valence-corrected chi connectivity index (χ0v) is 9.91. The summed E-state index contributed by atoms with van der Waals surface area (Å²) in [6, 6.07) is 4.44. The lowest BCUT2D eigenvalue weighted by atomic mass is 9.91. The second-order valence-corrected chi connectivity index (χ2v) is 4.16. The first-order valence-corrected chi connectivity index (χ1v) is 5.44. The third-order valence-electron chi connectivity index (χ3n) is 2.58. The number of amides is 2. The molecule has 0 radical (unpaired) electrons. The van der Waals surface area contributed by atoms with E-state index in [4.69, 9.17) is 11.5 Å². The number of primary amides is 2. The zero-order valence-electron chi connectivity index (χ0n) is 9.91. The van der Waals surface area contributed by atoms with Crippen LogP contribution in [0.15, 0.2) is 24.3 Å². The predicted molar refractivity (Wildman–Crippen MR) is 61.8 cm³/mol. The van der Waals surface area contributed by atoms with E-state index >= 15 is 0 Å². The molecule has 0 aromatic heterocycles. The van der Waals surface area contributed by atoms with Crippen LogP contribution in [0.5, 0.6) is 0 Å². The number of hydrogen-bond acceptors (Lipinski definition) is 2. The van der Waals surface area contributed by atoms with E-state index in [-0.39, 0.29) is 18.4 Å². The molecule has 0 aliphatic rings. The highest BCUT2D eigenvalue weighted by Gasteiger charge is 2.31. The minimum atomic E-state index is -4.49. The molecular formula is C12H13F3N2O2. The predicted octanol–water partition coefficient (Wildman–Crippen LogP) is 1.54. The lowest BCUT2D eigenvalue weighted by Crippen LogP contribution is -2.21. The highest BCUT2D eigenvalue weighted by molar-refractivity contribution is 5.78. The molecule has 0 heterocycles. The number of carbonyl (C=O) groups is 2. The highest BCUT2D eigenvalue weighted by atomic mass is 19.4. The number of nitrogens with two attached hydrogens (primary N) is 2. The van der Waals surface area contributed by atoms with Crippen molar-refractivity contribution >= 4 is 11.8 Å². The van der Waals surface area contributed by atoms with Crippen molar-refractivity contribution in [2.75, 3.05) is 0 Å². The van der Waals surface area contributed by atoms with E-state index in [9.17, 15) is 22.8 Å². The SMILES string of the molecule is NC(=O)CC(CC(N)=O)c1cccc(C(F)(F)F)c1. The molecule has 4 nitrogen and oxygen atoms in total. The van der Waals surface area contributed by atoms with E-state index in [0.29, 0.717) is 0 Å². The molecule has 0 unspecified atom stereocenters. The van der Waals surface area contributed by atoms with Crippen molar-refractivity contribution in [1.29, 1.82) is 0 Å². The van der Waals surface area contributed by atoms with Crippen LogP contribution >= 0.6 is 0 Å². The first-order valence-electron chi connectivity index (χ1n) is 5.44. The van der Waals surface area contributed by atoms with Crippen molar-refractivity contribution < 1.29 is 22.8 Å². The van der Waals surface area contributed by atoms with Crippen LogP contribution in [0.1, 0.15) is 29.9 Å². The van der Waals surface area contributed by atoms with Gasteiger partial charge in [-0.3, -0.25) is 9.59 Å². The highest BCUT2D eigenvalue weighted by Crippen LogP contribution is 2.32. The summed E-state index contributed by atoms with van der Waals surface area (Å²) >= 11 is 0. The fraction of sp³-hybridized carbons (Fsp3) is 0.333. The number of hydrogen-bond donors (Lipinski definition) is 2. The summed E-state index contributed by atoms with van der Waals surface area (Å²) in [7, 11) is 0. The smallest absolute Gasteiger partial charge is 0.370 e. The van der Waals surface area contributed by atoms with Gasteiger partial charge in [0.25, 0.3) is 0 Å². The van der Waals surface area contributed by atoms with Gasteiger partial charge in [0.1, 0.15) is 0 Å². The van der Waals surface area contributed by atoms with Gasteiger partial charge >= 0.3 is 6.18 Å². The van der Waals surface area contributed by atoms with Gasteiger partial charge in [0, 0.05) is 18.8 Å². The molecule has 0 fully saturated rings. The third kappa shape index (κ3) is 4.61. The van der Waals surface area contributed by atoms with Gasteiger partial charge in [-0.1, -0.05) is 18.2 Å². The molecule has 0 spiro atoms. The molecule has 0 saturated carbocycles. The Labute approximate surface area is 107 Å². The van der Waals surface area contributed by atoms with E-state index in [1.54, 1.807) is 0 Å². The summed E-state index contributed by atoms with van der Waals surface area (Å²) in [5, 5.41) is 0. The summed E-state index contributed by atoms with van der Waals surface area (Å²) in [5.74, 6) is -2.15. The van der Waals surface area contributed by atoms with Crippen molar-refractivity contribution in [2.24, 2.45) is 11.5 Å². The molecular weight excluding hydrogens is 261 g/mol. The molecule has 1 aromatic rings. The number of rotatable bonds is 5. The summed E-state index contributed by atoms with van der Waals surface area (Å²) in [6.45, 7) is 0. The Morgan fingerprint density at radius 3 is 2.05 bits per heavy atom. The quantitative estimate of drug-likeness (QED) is 0.853.